The molecule has 11 heavy (non-hydrogen) atoms. The summed E-state index contributed by atoms with van der Waals surface area (Å²) in [5.41, 5.74) is 2.32. The molecule has 1 aromatic carbocycles. The van der Waals surface area contributed by atoms with Crippen LogP contribution in [0, 0.1) is 6.92 Å². The lowest BCUT2D eigenvalue weighted by molar-refractivity contribution is 1.31. The van der Waals surface area contributed by atoms with Crippen LogP contribution in [0.15, 0.2) is 29.3 Å². The number of hydrogen-bond acceptors (Lipinski definition) is 1. The summed E-state index contributed by atoms with van der Waals surface area (Å²) in [4.78, 5) is 4.24. The van der Waals surface area contributed by atoms with Crippen LogP contribution in [0.1, 0.15) is 18.9 Å². The summed E-state index contributed by atoms with van der Waals surface area (Å²) in [5.74, 6) is 0. The first-order valence-corrected chi connectivity index (χ1v) is 3.92. The van der Waals surface area contributed by atoms with E-state index in [1.54, 1.807) is 0 Å². The van der Waals surface area contributed by atoms with Gasteiger partial charge in [0.1, 0.15) is 0 Å². The molecule has 1 nitrogen and oxygen atoms in total. The van der Waals surface area contributed by atoms with E-state index in [1.165, 1.54) is 5.56 Å². The third-order valence-electron chi connectivity index (χ3n) is 1.46. The highest BCUT2D eigenvalue weighted by Gasteiger charge is 1.84. The fourth-order valence-corrected chi connectivity index (χ4v) is 0.828. The van der Waals surface area contributed by atoms with Crippen LogP contribution < -0.4 is 0 Å². The first-order valence-electron chi connectivity index (χ1n) is 3.92. The zero-order valence-corrected chi connectivity index (χ0v) is 7.04. The minimum absolute atomic E-state index is 0.994. The Balaban J connectivity index is 2.73. The molecule has 1 heteroatoms. The van der Waals surface area contributed by atoms with Gasteiger partial charge in [0.05, 0.1) is 5.69 Å². The molecule has 0 aliphatic carbocycles. The van der Waals surface area contributed by atoms with Crippen molar-refractivity contribution in [3.8, 4) is 0 Å². The van der Waals surface area contributed by atoms with E-state index in [9.17, 15) is 0 Å². The van der Waals surface area contributed by atoms with Gasteiger partial charge in [-0.15, -0.1) is 0 Å². The van der Waals surface area contributed by atoms with Crippen LogP contribution >= 0.6 is 0 Å². The fraction of sp³-hybridized carbons (Fsp3) is 0.300. The Hall–Kier alpha value is -1.11. The van der Waals surface area contributed by atoms with Crippen molar-refractivity contribution in [3.05, 3.63) is 29.8 Å². The first kappa shape index (κ1) is 7.99. The summed E-state index contributed by atoms with van der Waals surface area (Å²) in [6.45, 7) is 4.16. The first-order chi connectivity index (χ1) is 5.33. The van der Waals surface area contributed by atoms with Crippen molar-refractivity contribution >= 4 is 11.9 Å². The lowest BCUT2D eigenvalue weighted by Crippen LogP contribution is -1.70. The average Bonchev–Trinajstić information content (AvgIpc) is 2.04. The minimum Gasteiger partial charge on any atom is -0.261 e. The fourth-order valence-electron chi connectivity index (χ4n) is 0.828. The molecule has 58 valence electrons. The van der Waals surface area contributed by atoms with Crippen LogP contribution in [0.4, 0.5) is 5.69 Å². The van der Waals surface area contributed by atoms with Crippen LogP contribution in [0.3, 0.4) is 0 Å². The molecule has 0 bridgehead atoms. The molecular formula is C10H13N. The molecule has 0 saturated heterocycles. The summed E-state index contributed by atoms with van der Waals surface area (Å²) in [6, 6.07) is 8.20. The molecule has 0 unspecified atom stereocenters. The molecule has 0 amide bonds. The smallest absolute Gasteiger partial charge is 0.0625 e. The quantitative estimate of drug-likeness (QED) is 0.570. The molecule has 1 rings (SSSR count). The summed E-state index contributed by atoms with van der Waals surface area (Å²) >= 11 is 0. The summed E-state index contributed by atoms with van der Waals surface area (Å²) in [7, 11) is 0. The molecule has 0 aliphatic heterocycles. The predicted molar refractivity (Wildman–Crippen MR) is 49.6 cm³/mol. The Morgan fingerprint density at radius 1 is 1.27 bits per heavy atom. The third kappa shape index (κ3) is 2.54. The molecular weight excluding hydrogens is 134 g/mol. The number of nitrogens with zero attached hydrogens (tertiary/aromatic N) is 1. The van der Waals surface area contributed by atoms with E-state index < -0.39 is 0 Å². The Morgan fingerprint density at radius 3 is 2.45 bits per heavy atom. The lowest BCUT2D eigenvalue weighted by atomic mass is 10.2. The Bertz CT molecular complexity index is 234. The van der Waals surface area contributed by atoms with Gasteiger partial charge >= 0.3 is 0 Å². The van der Waals surface area contributed by atoms with Gasteiger partial charge in [-0.05, 0) is 25.5 Å². The molecule has 0 spiro atoms. The minimum atomic E-state index is 0.994. The highest BCUT2D eigenvalue weighted by molar-refractivity contribution is 5.62. The number of aryl methyl sites for hydroxylation is 1. The van der Waals surface area contributed by atoms with Crippen molar-refractivity contribution in [2.75, 3.05) is 0 Å². The molecule has 0 aliphatic rings. The van der Waals surface area contributed by atoms with Gasteiger partial charge in [0.25, 0.3) is 0 Å². The Labute approximate surface area is 67.8 Å². The number of hydrogen-bond donors (Lipinski definition) is 0. The zero-order valence-electron chi connectivity index (χ0n) is 7.04. The van der Waals surface area contributed by atoms with Crippen LogP contribution in [-0.2, 0) is 0 Å². The topological polar surface area (TPSA) is 12.4 Å². The zero-order chi connectivity index (χ0) is 8.10. The van der Waals surface area contributed by atoms with Crippen LogP contribution in [0.25, 0.3) is 0 Å². The van der Waals surface area contributed by atoms with Gasteiger partial charge in [0.15, 0.2) is 0 Å². The molecule has 0 saturated carbocycles. The molecule has 1 aromatic rings. The van der Waals surface area contributed by atoms with Gasteiger partial charge in [-0.3, -0.25) is 4.99 Å². The molecule has 0 fully saturated rings. The van der Waals surface area contributed by atoms with E-state index in [2.05, 4.69) is 31.0 Å². The SMILES string of the molecule is CCC=Nc1ccc(C)cc1. The second kappa shape index (κ2) is 3.91. The largest absolute Gasteiger partial charge is 0.261 e. The molecule has 0 heterocycles. The summed E-state index contributed by atoms with van der Waals surface area (Å²) in [6.07, 6.45) is 2.92. The standard InChI is InChI=1S/C10H13N/c1-3-8-11-10-6-4-9(2)5-7-10/h4-8H,3H2,1-2H3. The monoisotopic (exact) mass is 147 g/mol. The predicted octanol–water partition coefficient (Wildman–Crippen LogP) is 3.11. The molecule has 0 radical (unpaired) electrons. The highest BCUT2D eigenvalue weighted by Crippen LogP contribution is 2.11. The molecule has 0 atom stereocenters. The van der Waals surface area contributed by atoms with Gasteiger partial charge < -0.3 is 0 Å². The van der Waals surface area contributed by atoms with Crippen molar-refractivity contribution < 1.29 is 0 Å². The highest BCUT2D eigenvalue weighted by atomic mass is 14.7. The molecule has 0 aromatic heterocycles. The van der Waals surface area contributed by atoms with Gasteiger partial charge in [-0.25, -0.2) is 0 Å². The second-order valence-corrected chi connectivity index (χ2v) is 2.56. The van der Waals surface area contributed by atoms with Crippen molar-refractivity contribution in [1.29, 1.82) is 0 Å². The van der Waals surface area contributed by atoms with Crippen LogP contribution in [-0.4, -0.2) is 6.21 Å². The van der Waals surface area contributed by atoms with Gasteiger partial charge in [0, 0.05) is 6.21 Å². The number of aliphatic imine (C=N–C) groups is 1. The van der Waals surface area contributed by atoms with E-state index >= 15 is 0 Å². The van der Waals surface area contributed by atoms with Gasteiger partial charge in [-0.2, -0.15) is 0 Å². The van der Waals surface area contributed by atoms with Crippen molar-refractivity contribution in [3.63, 3.8) is 0 Å². The van der Waals surface area contributed by atoms with E-state index in [4.69, 9.17) is 0 Å². The van der Waals surface area contributed by atoms with Crippen molar-refractivity contribution in [2.45, 2.75) is 20.3 Å². The second-order valence-electron chi connectivity index (χ2n) is 2.56. The van der Waals surface area contributed by atoms with E-state index in [-0.39, 0.29) is 0 Å². The maximum Gasteiger partial charge on any atom is 0.0625 e. The van der Waals surface area contributed by atoms with Crippen molar-refractivity contribution in [1.82, 2.24) is 0 Å². The van der Waals surface area contributed by atoms with Crippen LogP contribution in [0.2, 0.25) is 0 Å². The van der Waals surface area contributed by atoms with E-state index in [0.29, 0.717) is 0 Å². The van der Waals surface area contributed by atoms with E-state index in [1.807, 2.05) is 18.3 Å². The number of benzene rings is 1. The normalized spacial score (nSPS) is 10.7. The summed E-state index contributed by atoms with van der Waals surface area (Å²) < 4.78 is 0. The maximum absolute atomic E-state index is 4.24. The van der Waals surface area contributed by atoms with Crippen LogP contribution in [0.5, 0.6) is 0 Å². The van der Waals surface area contributed by atoms with Gasteiger partial charge in [0.2, 0.25) is 0 Å². The number of rotatable bonds is 2. The van der Waals surface area contributed by atoms with E-state index in [0.717, 1.165) is 12.1 Å². The maximum atomic E-state index is 4.24. The van der Waals surface area contributed by atoms with Gasteiger partial charge in [-0.1, -0.05) is 24.6 Å². The molecule has 0 N–H and O–H groups in total. The Kier molecular flexibility index (Phi) is 2.84. The van der Waals surface area contributed by atoms with Crippen molar-refractivity contribution in [2.24, 2.45) is 4.99 Å². The summed E-state index contributed by atoms with van der Waals surface area (Å²) in [5, 5.41) is 0. The third-order valence-corrected chi connectivity index (χ3v) is 1.46. The average molecular weight is 147 g/mol. The lowest BCUT2D eigenvalue weighted by Gasteiger charge is -1.92. The Morgan fingerprint density at radius 2 is 1.91 bits per heavy atom.